The molecule has 3 rings (SSSR count). The topological polar surface area (TPSA) is 30.5 Å². The number of thioether (sulfide) groups is 1. The third kappa shape index (κ3) is 3.87. The number of hydrogen-bond donors (Lipinski definition) is 1. The van der Waals surface area contributed by atoms with Gasteiger partial charge in [-0.3, -0.25) is 0 Å². The molecule has 0 aliphatic carbocycles. The van der Waals surface area contributed by atoms with Crippen molar-refractivity contribution in [1.82, 2.24) is 5.32 Å². The normalized spacial score (nSPS) is 35.4. The maximum Gasteiger partial charge on any atom is 0.0713 e. The summed E-state index contributed by atoms with van der Waals surface area (Å²) in [6, 6.07) is 0.641. The molecule has 0 aromatic carbocycles. The Morgan fingerprint density at radius 1 is 1.11 bits per heavy atom. The summed E-state index contributed by atoms with van der Waals surface area (Å²) in [6.45, 7) is 2.94. The largest absolute Gasteiger partial charge is 0.377 e. The van der Waals surface area contributed by atoms with Crippen molar-refractivity contribution >= 4 is 11.8 Å². The lowest BCUT2D eigenvalue weighted by Gasteiger charge is -2.43. The third-order valence-electron chi connectivity index (χ3n) is 4.81. The first kappa shape index (κ1) is 14.2. The summed E-state index contributed by atoms with van der Waals surface area (Å²) in [7, 11) is 0. The van der Waals surface area contributed by atoms with Crippen LogP contribution in [0, 0.1) is 0 Å². The van der Waals surface area contributed by atoms with Crippen LogP contribution < -0.4 is 5.32 Å². The van der Waals surface area contributed by atoms with Crippen LogP contribution in [0.25, 0.3) is 0 Å². The lowest BCUT2D eigenvalue weighted by molar-refractivity contribution is -0.0948. The monoisotopic (exact) mass is 285 g/mol. The van der Waals surface area contributed by atoms with E-state index in [2.05, 4.69) is 17.1 Å². The van der Waals surface area contributed by atoms with E-state index in [0.29, 0.717) is 12.1 Å². The van der Waals surface area contributed by atoms with Crippen molar-refractivity contribution in [2.75, 3.05) is 31.3 Å². The van der Waals surface area contributed by atoms with Gasteiger partial charge >= 0.3 is 0 Å². The Balaban J connectivity index is 1.45. The summed E-state index contributed by atoms with van der Waals surface area (Å²) in [5, 5.41) is 3.75. The summed E-state index contributed by atoms with van der Waals surface area (Å²) in [4.78, 5) is 0. The fourth-order valence-electron chi connectivity index (χ4n) is 3.56. The maximum atomic E-state index is 6.14. The summed E-state index contributed by atoms with van der Waals surface area (Å²) in [6.07, 6.45) is 9.14. The molecular formula is C15H27NO2S. The van der Waals surface area contributed by atoms with Gasteiger partial charge in [-0.25, -0.2) is 0 Å². The van der Waals surface area contributed by atoms with E-state index >= 15 is 0 Å². The fourth-order valence-corrected chi connectivity index (χ4v) is 4.80. The number of nitrogens with one attached hydrogen (secondary N) is 1. The Morgan fingerprint density at radius 2 is 2.00 bits per heavy atom. The summed E-state index contributed by atoms with van der Waals surface area (Å²) < 4.78 is 12.0. The molecule has 1 N–H and O–H groups in total. The van der Waals surface area contributed by atoms with E-state index in [9.17, 15) is 0 Å². The van der Waals surface area contributed by atoms with E-state index < -0.39 is 0 Å². The van der Waals surface area contributed by atoms with Crippen molar-refractivity contribution in [2.24, 2.45) is 0 Å². The standard InChI is InChI=1S/C15H27NO2S/c1-2-7-17-14(3-1)12-16-13-4-8-18-15(11-13)5-9-19-10-6-15/h13-14,16H,1-12H2. The van der Waals surface area contributed by atoms with Crippen LogP contribution in [0.3, 0.4) is 0 Å². The predicted molar refractivity (Wildman–Crippen MR) is 79.9 cm³/mol. The van der Waals surface area contributed by atoms with E-state index in [4.69, 9.17) is 9.47 Å². The first-order valence-electron chi connectivity index (χ1n) is 7.93. The summed E-state index contributed by atoms with van der Waals surface area (Å²) in [5.74, 6) is 2.55. The smallest absolute Gasteiger partial charge is 0.0713 e. The van der Waals surface area contributed by atoms with Crippen molar-refractivity contribution in [3.8, 4) is 0 Å². The van der Waals surface area contributed by atoms with Crippen molar-refractivity contribution in [3.05, 3.63) is 0 Å². The molecule has 0 aromatic heterocycles. The molecule has 3 heterocycles. The molecule has 0 saturated carbocycles. The van der Waals surface area contributed by atoms with Crippen LogP contribution in [0.4, 0.5) is 0 Å². The van der Waals surface area contributed by atoms with Gasteiger partial charge in [-0.15, -0.1) is 0 Å². The van der Waals surface area contributed by atoms with Gasteiger partial charge in [-0.1, -0.05) is 0 Å². The Morgan fingerprint density at radius 3 is 2.79 bits per heavy atom. The first-order valence-corrected chi connectivity index (χ1v) is 9.09. The Labute approximate surface area is 121 Å². The molecular weight excluding hydrogens is 258 g/mol. The highest BCUT2D eigenvalue weighted by Crippen LogP contribution is 2.37. The molecule has 4 heteroatoms. The molecule has 0 aromatic rings. The molecule has 0 radical (unpaired) electrons. The SMILES string of the molecule is C1CCC(CNC2CCOC3(CCSCC3)C2)OC1. The molecule has 3 fully saturated rings. The second-order valence-corrected chi connectivity index (χ2v) is 7.46. The highest BCUT2D eigenvalue weighted by atomic mass is 32.2. The van der Waals surface area contributed by atoms with Gasteiger partial charge in [0, 0.05) is 25.8 Å². The molecule has 19 heavy (non-hydrogen) atoms. The van der Waals surface area contributed by atoms with E-state index in [0.717, 1.165) is 19.8 Å². The zero-order valence-corrected chi connectivity index (χ0v) is 12.7. The number of hydrogen-bond acceptors (Lipinski definition) is 4. The molecule has 0 amide bonds. The Bertz CT molecular complexity index is 270. The minimum atomic E-state index is 0.203. The van der Waals surface area contributed by atoms with E-state index in [1.165, 1.54) is 56.5 Å². The predicted octanol–water partition coefficient (Wildman–Crippen LogP) is 2.59. The summed E-state index contributed by atoms with van der Waals surface area (Å²) in [5.41, 5.74) is 0.203. The van der Waals surface area contributed by atoms with Crippen molar-refractivity contribution in [2.45, 2.75) is 62.7 Å². The van der Waals surface area contributed by atoms with Gasteiger partial charge in [0.05, 0.1) is 11.7 Å². The lowest BCUT2D eigenvalue weighted by atomic mass is 9.85. The van der Waals surface area contributed by atoms with Crippen LogP contribution >= 0.6 is 11.8 Å². The average Bonchev–Trinajstić information content (AvgIpc) is 2.47. The van der Waals surface area contributed by atoms with E-state index in [1.54, 1.807) is 0 Å². The molecule has 1 spiro atoms. The highest BCUT2D eigenvalue weighted by Gasteiger charge is 2.38. The van der Waals surface area contributed by atoms with Gasteiger partial charge in [0.25, 0.3) is 0 Å². The molecule has 2 atom stereocenters. The molecule has 3 aliphatic rings. The van der Waals surface area contributed by atoms with Crippen LogP contribution in [0.5, 0.6) is 0 Å². The lowest BCUT2D eigenvalue weighted by Crippen LogP contribution is -2.50. The Kier molecular flexibility index (Phi) is 5.07. The third-order valence-corrected chi connectivity index (χ3v) is 5.79. The second-order valence-electron chi connectivity index (χ2n) is 6.23. The molecule has 0 bridgehead atoms. The zero-order chi connectivity index (χ0) is 13.0. The van der Waals surface area contributed by atoms with E-state index in [1.807, 2.05) is 0 Å². The van der Waals surface area contributed by atoms with E-state index in [-0.39, 0.29) is 5.60 Å². The summed E-state index contributed by atoms with van der Waals surface area (Å²) >= 11 is 2.08. The van der Waals surface area contributed by atoms with Crippen LogP contribution in [0.1, 0.15) is 44.9 Å². The minimum absolute atomic E-state index is 0.203. The minimum Gasteiger partial charge on any atom is -0.377 e. The van der Waals surface area contributed by atoms with Crippen molar-refractivity contribution in [1.29, 1.82) is 0 Å². The average molecular weight is 285 g/mol. The first-order chi connectivity index (χ1) is 9.36. The number of ether oxygens (including phenoxy) is 2. The quantitative estimate of drug-likeness (QED) is 0.863. The Hall–Kier alpha value is 0.230. The van der Waals surface area contributed by atoms with Crippen molar-refractivity contribution in [3.63, 3.8) is 0 Å². The fraction of sp³-hybridized carbons (Fsp3) is 1.00. The number of rotatable bonds is 3. The van der Waals surface area contributed by atoms with Crippen molar-refractivity contribution < 1.29 is 9.47 Å². The van der Waals surface area contributed by atoms with Crippen LogP contribution in [0.2, 0.25) is 0 Å². The second kappa shape index (κ2) is 6.79. The molecule has 3 nitrogen and oxygen atoms in total. The van der Waals surface area contributed by atoms with Gasteiger partial charge in [-0.05, 0) is 56.5 Å². The van der Waals surface area contributed by atoms with Crippen LogP contribution in [0.15, 0.2) is 0 Å². The molecule has 3 saturated heterocycles. The van der Waals surface area contributed by atoms with Crippen LogP contribution in [-0.2, 0) is 9.47 Å². The molecule has 110 valence electrons. The van der Waals surface area contributed by atoms with Gasteiger partial charge in [0.15, 0.2) is 0 Å². The highest BCUT2D eigenvalue weighted by molar-refractivity contribution is 7.99. The maximum absolute atomic E-state index is 6.14. The molecule has 3 aliphatic heterocycles. The van der Waals surface area contributed by atoms with Gasteiger partial charge in [0.2, 0.25) is 0 Å². The zero-order valence-electron chi connectivity index (χ0n) is 11.9. The van der Waals surface area contributed by atoms with Gasteiger partial charge in [0.1, 0.15) is 0 Å². The molecule has 2 unspecified atom stereocenters. The van der Waals surface area contributed by atoms with Gasteiger partial charge in [-0.2, -0.15) is 11.8 Å². The van der Waals surface area contributed by atoms with Crippen LogP contribution in [-0.4, -0.2) is 49.0 Å². The van der Waals surface area contributed by atoms with Gasteiger partial charge < -0.3 is 14.8 Å².